The van der Waals surface area contributed by atoms with Crippen molar-refractivity contribution < 1.29 is 18.8 Å². The second kappa shape index (κ2) is 9.16. The number of hydrogen-bond acceptors (Lipinski definition) is 7. The van der Waals surface area contributed by atoms with Crippen molar-refractivity contribution in [3.63, 3.8) is 0 Å². The topological polar surface area (TPSA) is 102 Å². The molecule has 0 aliphatic carbocycles. The molecule has 9 nitrogen and oxygen atoms in total. The Kier molecular flexibility index (Phi) is 6.40. The van der Waals surface area contributed by atoms with Crippen LogP contribution >= 0.6 is 0 Å². The van der Waals surface area contributed by atoms with Gasteiger partial charge >= 0.3 is 0 Å². The number of rotatable bonds is 9. The van der Waals surface area contributed by atoms with Gasteiger partial charge in [-0.1, -0.05) is 17.3 Å². The van der Waals surface area contributed by atoms with E-state index in [2.05, 4.69) is 15.6 Å². The zero-order chi connectivity index (χ0) is 20.8. The number of ether oxygens (including phenoxy) is 1. The molecule has 0 unspecified atom stereocenters. The number of imide groups is 1. The molecular formula is C20H23N5O4. The van der Waals surface area contributed by atoms with E-state index in [4.69, 9.17) is 9.26 Å². The van der Waals surface area contributed by atoms with Gasteiger partial charge in [-0.15, -0.1) is 0 Å². The highest BCUT2D eigenvalue weighted by molar-refractivity contribution is 6.07. The second-order valence-corrected chi connectivity index (χ2v) is 6.52. The highest BCUT2D eigenvalue weighted by Crippen LogP contribution is 2.17. The molecule has 2 aromatic heterocycles. The number of methoxy groups -OCH3 is 1. The fraction of sp³-hybridized carbons (Fsp3) is 0.300. The molecular weight excluding hydrogens is 374 g/mol. The van der Waals surface area contributed by atoms with Crippen molar-refractivity contribution in [1.29, 1.82) is 0 Å². The van der Waals surface area contributed by atoms with Crippen LogP contribution in [0.1, 0.15) is 22.6 Å². The Morgan fingerprint density at radius 1 is 1.38 bits per heavy atom. The number of amides is 2. The standard InChI is InChI=1S/C20H23N5O4/c1-14-19(15(2)29-23-14)12-24-11-17(9-22-24)25(13-26)20(27)10-21-8-16-5-4-6-18(7-16)28-3/h4-7,9,11,13,21H,8,10,12H2,1-3H3. The number of anilines is 1. The quantitative estimate of drug-likeness (QED) is 0.550. The van der Waals surface area contributed by atoms with Crippen LogP contribution in [0.15, 0.2) is 41.2 Å². The minimum absolute atomic E-state index is 0.00496. The number of nitrogens with one attached hydrogen (secondary N) is 1. The van der Waals surface area contributed by atoms with Gasteiger partial charge in [-0.2, -0.15) is 5.10 Å². The van der Waals surface area contributed by atoms with Crippen LogP contribution in [0, 0.1) is 13.8 Å². The molecule has 1 N–H and O–H groups in total. The number of carbonyl (C=O) groups is 2. The summed E-state index contributed by atoms with van der Waals surface area (Å²) in [7, 11) is 1.60. The first-order chi connectivity index (χ1) is 14.0. The van der Waals surface area contributed by atoms with E-state index >= 15 is 0 Å². The molecule has 29 heavy (non-hydrogen) atoms. The Labute approximate surface area is 168 Å². The van der Waals surface area contributed by atoms with Crippen molar-refractivity contribution in [1.82, 2.24) is 20.3 Å². The van der Waals surface area contributed by atoms with Crippen molar-refractivity contribution in [3.05, 3.63) is 59.2 Å². The van der Waals surface area contributed by atoms with Crippen molar-refractivity contribution in [2.24, 2.45) is 0 Å². The van der Waals surface area contributed by atoms with Gasteiger partial charge in [0.15, 0.2) is 0 Å². The van der Waals surface area contributed by atoms with E-state index in [-0.39, 0.29) is 12.5 Å². The summed E-state index contributed by atoms with van der Waals surface area (Å²) in [6, 6.07) is 7.54. The molecule has 0 aliphatic rings. The number of hydrogen-bond donors (Lipinski definition) is 1. The molecule has 9 heteroatoms. The third kappa shape index (κ3) is 4.88. The predicted molar refractivity (Wildman–Crippen MR) is 106 cm³/mol. The van der Waals surface area contributed by atoms with E-state index in [1.54, 1.807) is 18.0 Å². The smallest absolute Gasteiger partial charge is 0.247 e. The van der Waals surface area contributed by atoms with Crippen LogP contribution in [0.2, 0.25) is 0 Å². The molecule has 0 radical (unpaired) electrons. The first-order valence-corrected chi connectivity index (χ1v) is 9.07. The molecule has 0 spiro atoms. The summed E-state index contributed by atoms with van der Waals surface area (Å²) >= 11 is 0. The van der Waals surface area contributed by atoms with Gasteiger partial charge in [0, 0.05) is 18.3 Å². The molecule has 2 heterocycles. The van der Waals surface area contributed by atoms with Gasteiger partial charge in [0.2, 0.25) is 12.3 Å². The Bertz CT molecular complexity index is 975. The Morgan fingerprint density at radius 2 is 2.21 bits per heavy atom. The largest absolute Gasteiger partial charge is 0.497 e. The summed E-state index contributed by atoms with van der Waals surface area (Å²) in [6.07, 6.45) is 3.61. The second-order valence-electron chi connectivity index (χ2n) is 6.52. The van der Waals surface area contributed by atoms with Gasteiger partial charge in [-0.3, -0.25) is 14.3 Å². The zero-order valence-electron chi connectivity index (χ0n) is 16.6. The zero-order valence-corrected chi connectivity index (χ0v) is 16.6. The third-order valence-electron chi connectivity index (χ3n) is 4.51. The van der Waals surface area contributed by atoms with Crippen molar-refractivity contribution in [3.8, 4) is 5.75 Å². The highest BCUT2D eigenvalue weighted by atomic mass is 16.5. The number of aryl methyl sites for hydroxylation is 2. The van der Waals surface area contributed by atoms with Gasteiger partial charge in [0.25, 0.3) is 0 Å². The summed E-state index contributed by atoms with van der Waals surface area (Å²) in [4.78, 5) is 25.0. The Balaban J connectivity index is 1.59. The highest BCUT2D eigenvalue weighted by Gasteiger charge is 2.17. The lowest BCUT2D eigenvalue weighted by Gasteiger charge is -2.14. The van der Waals surface area contributed by atoms with Crippen LogP contribution in [0.3, 0.4) is 0 Å². The molecule has 0 saturated carbocycles. The molecule has 0 fully saturated rings. The first-order valence-electron chi connectivity index (χ1n) is 9.07. The van der Waals surface area contributed by atoms with E-state index in [1.807, 2.05) is 38.1 Å². The van der Waals surface area contributed by atoms with Gasteiger partial charge in [-0.05, 0) is 31.5 Å². The van der Waals surface area contributed by atoms with Gasteiger partial charge in [-0.25, -0.2) is 4.90 Å². The molecule has 0 aliphatic heterocycles. The Hall–Kier alpha value is -3.46. The number of nitrogens with zero attached hydrogens (tertiary/aromatic N) is 4. The summed E-state index contributed by atoms with van der Waals surface area (Å²) in [6.45, 7) is 4.60. The lowest BCUT2D eigenvalue weighted by atomic mass is 10.2. The van der Waals surface area contributed by atoms with E-state index in [1.165, 1.54) is 6.20 Å². The number of benzene rings is 1. The average Bonchev–Trinajstić information content (AvgIpc) is 3.31. The molecule has 0 atom stereocenters. The van der Waals surface area contributed by atoms with E-state index in [0.29, 0.717) is 30.9 Å². The number of carbonyl (C=O) groups excluding carboxylic acids is 2. The molecule has 0 bridgehead atoms. The van der Waals surface area contributed by atoms with Crippen LogP contribution in [0.4, 0.5) is 5.69 Å². The minimum Gasteiger partial charge on any atom is -0.497 e. The summed E-state index contributed by atoms with van der Waals surface area (Å²) in [5.74, 6) is 1.08. The van der Waals surface area contributed by atoms with E-state index in [9.17, 15) is 9.59 Å². The normalized spacial score (nSPS) is 10.7. The van der Waals surface area contributed by atoms with Crippen LogP contribution in [-0.2, 0) is 22.7 Å². The third-order valence-corrected chi connectivity index (χ3v) is 4.51. The van der Waals surface area contributed by atoms with Crippen LogP contribution in [0.5, 0.6) is 5.75 Å². The minimum atomic E-state index is -0.375. The lowest BCUT2D eigenvalue weighted by molar-refractivity contribution is -0.121. The molecule has 3 rings (SSSR count). The maximum absolute atomic E-state index is 12.5. The average molecular weight is 397 g/mol. The number of aromatic nitrogens is 3. The summed E-state index contributed by atoms with van der Waals surface area (Å²) in [5, 5.41) is 11.2. The van der Waals surface area contributed by atoms with Crippen LogP contribution < -0.4 is 15.0 Å². The molecule has 1 aromatic carbocycles. The van der Waals surface area contributed by atoms with Crippen LogP contribution in [0.25, 0.3) is 0 Å². The van der Waals surface area contributed by atoms with Gasteiger partial charge in [0.1, 0.15) is 11.5 Å². The Morgan fingerprint density at radius 3 is 2.90 bits per heavy atom. The van der Waals surface area contributed by atoms with Crippen LogP contribution in [-0.4, -0.2) is 40.9 Å². The van der Waals surface area contributed by atoms with Gasteiger partial charge in [0.05, 0.1) is 37.8 Å². The first kappa shape index (κ1) is 20.3. The predicted octanol–water partition coefficient (Wildman–Crippen LogP) is 1.82. The molecule has 152 valence electrons. The SMILES string of the molecule is COc1cccc(CNCC(=O)N(C=O)c2cnn(Cc3c(C)noc3C)c2)c1. The fourth-order valence-electron chi connectivity index (χ4n) is 2.90. The molecule has 2 amide bonds. The van der Waals surface area contributed by atoms with E-state index in [0.717, 1.165) is 27.5 Å². The maximum atomic E-state index is 12.5. The van der Waals surface area contributed by atoms with E-state index < -0.39 is 0 Å². The molecule has 3 aromatic rings. The fourth-order valence-corrected chi connectivity index (χ4v) is 2.90. The van der Waals surface area contributed by atoms with Gasteiger partial charge < -0.3 is 14.6 Å². The molecule has 0 saturated heterocycles. The lowest BCUT2D eigenvalue weighted by Crippen LogP contribution is -2.37. The van der Waals surface area contributed by atoms with Crippen molar-refractivity contribution >= 4 is 18.0 Å². The van der Waals surface area contributed by atoms with Crippen molar-refractivity contribution in [2.45, 2.75) is 26.9 Å². The summed E-state index contributed by atoms with van der Waals surface area (Å²) in [5.41, 5.74) is 3.08. The maximum Gasteiger partial charge on any atom is 0.247 e. The summed E-state index contributed by atoms with van der Waals surface area (Å²) < 4.78 is 12.0. The van der Waals surface area contributed by atoms with Crippen molar-refractivity contribution in [2.75, 3.05) is 18.6 Å². The monoisotopic (exact) mass is 397 g/mol.